The van der Waals surface area contributed by atoms with Crippen LogP contribution in [0.25, 0.3) is 0 Å². The Kier molecular flexibility index (Phi) is 6.96. The summed E-state index contributed by atoms with van der Waals surface area (Å²) in [5.41, 5.74) is 1.43. The number of carbonyl (C=O) groups is 2. The van der Waals surface area contributed by atoms with E-state index >= 15 is 0 Å². The van der Waals surface area contributed by atoms with Gasteiger partial charge < -0.3 is 15.3 Å². The van der Waals surface area contributed by atoms with E-state index < -0.39 is 11.0 Å². The first-order chi connectivity index (χ1) is 14.9. The van der Waals surface area contributed by atoms with Crippen LogP contribution in [0.1, 0.15) is 60.8 Å². The van der Waals surface area contributed by atoms with E-state index in [1.54, 1.807) is 23.2 Å². The minimum Gasteiger partial charge on any atom is -0.384 e. The number of halogens is 1. The number of rotatable bonds is 5. The van der Waals surface area contributed by atoms with Gasteiger partial charge in [-0.15, -0.1) is 0 Å². The Morgan fingerprint density at radius 3 is 2.50 bits per heavy atom. The van der Waals surface area contributed by atoms with Gasteiger partial charge in [0.25, 0.3) is 5.91 Å². The first-order valence-electron chi connectivity index (χ1n) is 10.9. The van der Waals surface area contributed by atoms with Crippen LogP contribution in [0.15, 0.2) is 36.5 Å². The molecule has 3 rings (SSSR count). The largest absolute Gasteiger partial charge is 0.384 e. The Morgan fingerprint density at radius 1 is 1.25 bits per heavy atom. The average Bonchev–Trinajstić information content (AvgIpc) is 2.70. The van der Waals surface area contributed by atoms with Gasteiger partial charge in [0.15, 0.2) is 0 Å². The summed E-state index contributed by atoms with van der Waals surface area (Å²) in [4.78, 5) is 31.6. The van der Waals surface area contributed by atoms with Gasteiger partial charge in [-0.3, -0.25) is 14.6 Å². The highest BCUT2D eigenvalue weighted by atomic mass is 35.5. The van der Waals surface area contributed by atoms with Crippen molar-refractivity contribution in [2.75, 3.05) is 13.1 Å². The molecule has 0 unspecified atom stereocenters. The maximum atomic E-state index is 13.0. The van der Waals surface area contributed by atoms with Gasteiger partial charge in [0.05, 0.1) is 11.2 Å². The summed E-state index contributed by atoms with van der Waals surface area (Å²) in [6.07, 6.45) is 2.20. The molecule has 2 N–H and O–H groups in total. The molecule has 2 atom stereocenters. The Hall–Kier alpha value is -2.44. The number of aryl methyl sites for hydroxylation is 2. The van der Waals surface area contributed by atoms with E-state index in [0.29, 0.717) is 30.1 Å². The van der Waals surface area contributed by atoms with Crippen LogP contribution in [0.4, 0.5) is 0 Å². The first-order valence-corrected chi connectivity index (χ1v) is 11.3. The third kappa shape index (κ3) is 4.97. The molecule has 0 aliphatic carbocycles. The summed E-state index contributed by atoms with van der Waals surface area (Å²) in [6, 6.07) is 8.79. The third-order valence-electron chi connectivity index (χ3n) is 6.47. The minimum absolute atomic E-state index is 0.0391. The van der Waals surface area contributed by atoms with Crippen molar-refractivity contribution in [1.29, 1.82) is 0 Å². The minimum atomic E-state index is -1.05. The average molecular weight is 458 g/mol. The van der Waals surface area contributed by atoms with Crippen LogP contribution in [0.2, 0.25) is 5.02 Å². The quantitative estimate of drug-likeness (QED) is 0.710. The van der Waals surface area contributed by atoms with E-state index in [1.807, 2.05) is 52.8 Å². The van der Waals surface area contributed by atoms with Gasteiger partial charge in [-0.1, -0.05) is 37.6 Å². The Morgan fingerprint density at radius 2 is 1.91 bits per heavy atom. The fourth-order valence-electron chi connectivity index (χ4n) is 4.47. The van der Waals surface area contributed by atoms with Gasteiger partial charge in [0.2, 0.25) is 5.91 Å². The summed E-state index contributed by atoms with van der Waals surface area (Å²) in [6.45, 7) is 10.4. The smallest absolute Gasteiger partial charge is 0.253 e. The molecule has 2 heterocycles. The molecule has 1 aromatic heterocycles. The lowest BCUT2D eigenvalue weighted by Gasteiger charge is -2.50. The lowest BCUT2D eigenvalue weighted by Crippen LogP contribution is -2.57. The molecule has 0 spiro atoms. The summed E-state index contributed by atoms with van der Waals surface area (Å²) in [5, 5.41) is 15.0. The van der Waals surface area contributed by atoms with Gasteiger partial charge >= 0.3 is 0 Å². The summed E-state index contributed by atoms with van der Waals surface area (Å²) in [5.74, 6) is -0.269. The molecule has 0 radical (unpaired) electrons. The number of hydrogen-bond donors (Lipinski definition) is 2. The fourth-order valence-corrected chi connectivity index (χ4v) is 4.60. The highest BCUT2D eigenvalue weighted by Crippen LogP contribution is 2.46. The molecule has 1 saturated heterocycles. The van der Waals surface area contributed by atoms with Gasteiger partial charge in [0, 0.05) is 47.9 Å². The standard InChI is InChI=1S/C25H32ClN3O3/c1-16-12-17(2)27-14-21(16)23(31)28-18(3)13-22(30)29-11-10-25(32,24(4,5)15-29)19-6-8-20(26)9-7-19/h6-9,12,14,18,32H,10-11,13,15H2,1-5H3,(H,28,31)/t18-,25+/m1/s1. The topological polar surface area (TPSA) is 82.5 Å². The summed E-state index contributed by atoms with van der Waals surface area (Å²) >= 11 is 6.00. The molecular weight excluding hydrogens is 426 g/mol. The zero-order valence-electron chi connectivity index (χ0n) is 19.4. The van der Waals surface area contributed by atoms with E-state index in [0.717, 1.165) is 16.8 Å². The molecule has 1 aliphatic heterocycles. The molecule has 7 heteroatoms. The summed E-state index contributed by atoms with van der Waals surface area (Å²) in [7, 11) is 0. The van der Waals surface area contributed by atoms with Crippen LogP contribution >= 0.6 is 11.6 Å². The second-order valence-corrected chi connectivity index (χ2v) is 9.97. The number of pyridine rings is 1. The van der Waals surface area contributed by atoms with Crippen molar-refractivity contribution in [3.63, 3.8) is 0 Å². The second-order valence-electron chi connectivity index (χ2n) is 9.54. The number of aliphatic hydroxyl groups is 1. The van der Waals surface area contributed by atoms with E-state index in [4.69, 9.17) is 11.6 Å². The van der Waals surface area contributed by atoms with Crippen molar-refractivity contribution in [3.05, 3.63) is 63.9 Å². The first kappa shape index (κ1) is 24.2. The van der Waals surface area contributed by atoms with E-state index in [2.05, 4.69) is 10.3 Å². The lowest BCUT2D eigenvalue weighted by molar-refractivity contribution is -0.153. The molecule has 2 aromatic rings. The number of likely N-dealkylation sites (tertiary alicyclic amines) is 1. The van der Waals surface area contributed by atoms with Crippen molar-refractivity contribution >= 4 is 23.4 Å². The molecule has 6 nitrogen and oxygen atoms in total. The number of benzene rings is 1. The number of hydrogen-bond acceptors (Lipinski definition) is 4. The van der Waals surface area contributed by atoms with Gasteiger partial charge in [-0.25, -0.2) is 0 Å². The maximum absolute atomic E-state index is 13.0. The molecule has 1 aliphatic rings. The van der Waals surface area contributed by atoms with Crippen LogP contribution in [0.5, 0.6) is 0 Å². The van der Waals surface area contributed by atoms with Crippen LogP contribution in [0, 0.1) is 19.3 Å². The fraction of sp³-hybridized carbons (Fsp3) is 0.480. The van der Waals surface area contributed by atoms with Crippen LogP contribution in [-0.4, -0.2) is 45.9 Å². The predicted octanol–water partition coefficient (Wildman–Crippen LogP) is 4.01. The van der Waals surface area contributed by atoms with Crippen molar-refractivity contribution < 1.29 is 14.7 Å². The molecule has 2 amide bonds. The normalized spacial score (nSPS) is 21.2. The molecule has 0 saturated carbocycles. The lowest BCUT2D eigenvalue weighted by atomic mass is 9.66. The van der Waals surface area contributed by atoms with Gasteiger partial charge in [-0.2, -0.15) is 0 Å². The number of nitrogens with one attached hydrogen (secondary N) is 1. The Balaban J connectivity index is 1.62. The number of aromatic nitrogens is 1. The Labute approximate surface area is 195 Å². The zero-order valence-corrected chi connectivity index (χ0v) is 20.2. The number of carbonyl (C=O) groups excluding carboxylic acids is 2. The van der Waals surface area contributed by atoms with Gasteiger partial charge in [-0.05, 0) is 56.5 Å². The van der Waals surface area contributed by atoms with Crippen LogP contribution < -0.4 is 5.32 Å². The zero-order chi connectivity index (χ0) is 23.7. The summed E-state index contributed by atoms with van der Waals surface area (Å²) < 4.78 is 0. The van der Waals surface area contributed by atoms with Crippen molar-refractivity contribution in [2.45, 2.75) is 59.1 Å². The van der Waals surface area contributed by atoms with Crippen molar-refractivity contribution in [1.82, 2.24) is 15.2 Å². The van der Waals surface area contributed by atoms with Crippen molar-refractivity contribution in [3.8, 4) is 0 Å². The van der Waals surface area contributed by atoms with Crippen molar-refractivity contribution in [2.24, 2.45) is 5.41 Å². The van der Waals surface area contributed by atoms with Crippen LogP contribution in [-0.2, 0) is 10.4 Å². The molecule has 0 bridgehead atoms. The second kappa shape index (κ2) is 9.20. The van der Waals surface area contributed by atoms with E-state index in [-0.39, 0.29) is 24.3 Å². The Bertz CT molecular complexity index is 1010. The van der Waals surface area contributed by atoms with E-state index in [9.17, 15) is 14.7 Å². The SMILES string of the molecule is Cc1cc(C)c(C(=O)N[C@H](C)CC(=O)N2CC[C@](O)(c3ccc(Cl)cc3)C(C)(C)C2)cn1. The third-order valence-corrected chi connectivity index (χ3v) is 6.73. The maximum Gasteiger partial charge on any atom is 0.253 e. The highest BCUT2D eigenvalue weighted by Gasteiger charge is 2.49. The predicted molar refractivity (Wildman–Crippen MR) is 126 cm³/mol. The molecule has 1 aromatic carbocycles. The molecule has 32 heavy (non-hydrogen) atoms. The molecule has 172 valence electrons. The molecular formula is C25H32ClN3O3. The van der Waals surface area contributed by atoms with Crippen LogP contribution in [0.3, 0.4) is 0 Å². The van der Waals surface area contributed by atoms with E-state index in [1.165, 1.54) is 0 Å². The number of piperidine rings is 1. The molecule has 1 fully saturated rings. The van der Waals surface area contributed by atoms with Gasteiger partial charge in [0.1, 0.15) is 0 Å². The monoisotopic (exact) mass is 457 g/mol. The number of amides is 2. The number of nitrogens with zero attached hydrogens (tertiary/aromatic N) is 2. The highest BCUT2D eigenvalue weighted by molar-refractivity contribution is 6.30.